The summed E-state index contributed by atoms with van der Waals surface area (Å²) in [4.78, 5) is 16.5. The summed E-state index contributed by atoms with van der Waals surface area (Å²) >= 11 is 1.88. The van der Waals surface area contributed by atoms with Crippen molar-refractivity contribution in [1.29, 1.82) is 0 Å². The summed E-state index contributed by atoms with van der Waals surface area (Å²) < 4.78 is 15.2. The Balaban J connectivity index is 1.52. The van der Waals surface area contributed by atoms with Crippen LogP contribution in [0.15, 0.2) is 18.2 Å². The molecule has 2 N–H and O–H groups in total. The summed E-state index contributed by atoms with van der Waals surface area (Å²) in [6.07, 6.45) is 1.14. The molecule has 1 aliphatic heterocycles. The van der Waals surface area contributed by atoms with Gasteiger partial charge < -0.3 is 15.2 Å². The molecule has 0 saturated carbocycles. The number of imidazole rings is 1. The standard InChI is InChI=1S/C16H21FN4OS/c1-21-14-8-11(17)2-3-13(14)20-15(21)4-5-19-16(22)9-12-10-23-7-6-18-12/h2-3,8,12,18H,4-7,9-10H2,1H3,(H,19,22). The first-order valence-corrected chi connectivity index (χ1v) is 8.97. The minimum Gasteiger partial charge on any atom is -0.356 e. The van der Waals surface area contributed by atoms with Gasteiger partial charge in [-0.1, -0.05) is 0 Å². The minimum absolute atomic E-state index is 0.0646. The van der Waals surface area contributed by atoms with Crippen LogP contribution in [0.5, 0.6) is 0 Å². The second kappa shape index (κ2) is 7.31. The molecule has 2 heterocycles. The molecule has 1 fully saturated rings. The molecule has 1 unspecified atom stereocenters. The maximum absolute atomic E-state index is 13.3. The van der Waals surface area contributed by atoms with Crippen LogP contribution in [0.2, 0.25) is 0 Å². The highest BCUT2D eigenvalue weighted by molar-refractivity contribution is 7.99. The van der Waals surface area contributed by atoms with Crippen LogP contribution in [0.3, 0.4) is 0 Å². The molecular weight excluding hydrogens is 315 g/mol. The monoisotopic (exact) mass is 336 g/mol. The van der Waals surface area contributed by atoms with Crippen molar-refractivity contribution in [2.45, 2.75) is 18.9 Å². The van der Waals surface area contributed by atoms with E-state index in [9.17, 15) is 9.18 Å². The fourth-order valence-corrected chi connectivity index (χ4v) is 3.75. The van der Waals surface area contributed by atoms with Crippen LogP contribution in [-0.4, -0.2) is 46.1 Å². The van der Waals surface area contributed by atoms with E-state index in [2.05, 4.69) is 15.6 Å². The van der Waals surface area contributed by atoms with E-state index >= 15 is 0 Å². The number of carbonyl (C=O) groups excluding carboxylic acids is 1. The highest BCUT2D eigenvalue weighted by atomic mass is 32.2. The third-order valence-corrected chi connectivity index (χ3v) is 5.17. The zero-order chi connectivity index (χ0) is 16.2. The molecule has 0 spiro atoms. The second-order valence-corrected chi connectivity index (χ2v) is 6.90. The summed E-state index contributed by atoms with van der Waals surface area (Å²) in [6, 6.07) is 4.85. The summed E-state index contributed by atoms with van der Waals surface area (Å²) in [5.41, 5.74) is 1.55. The third-order valence-electron chi connectivity index (χ3n) is 4.04. The van der Waals surface area contributed by atoms with Crippen molar-refractivity contribution in [2.24, 2.45) is 7.05 Å². The largest absolute Gasteiger partial charge is 0.356 e. The number of amides is 1. The zero-order valence-corrected chi connectivity index (χ0v) is 14.0. The second-order valence-electron chi connectivity index (χ2n) is 5.75. The van der Waals surface area contributed by atoms with Gasteiger partial charge in [-0.2, -0.15) is 11.8 Å². The van der Waals surface area contributed by atoms with E-state index in [1.54, 1.807) is 6.07 Å². The smallest absolute Gasteiger partial charge is 0.221 e. The maximum atomic E-state index is 13.3. The molecule has 2 aromatic rings. The number of nitrogens with one attached hydrogen (secondary N) is 2. The lowest BCUT2D eigenvalue weighted by atomic mass is 10.2. The van der Waals surface area contributed by atoms with Crippen molar-refractivity contribution in [2.75, 3.05) is 24.6 Å². The van der Waals surface area contributed by atoms with Gasteiger partial charge in [0.2, 0.25) is 5.91 Å². The number of fused-ring (bicyclic) bond motifs is 1. The lowest BCUT2D eigenvalue weighted by Crippen LogP contribution is -2.41. The van der Waals surface area contributed by atoms with Gasteiger partial charge in [-0.15, -0.1) is 0 Å². The Kier molecular flexibility index (Phi) is 5.17. The number of hydrogen-bond donors (Lipinski definition) is 2. The average Bonchev–Trinajstić information content (AvgIpc) is 2.85. The Labute approximate surface area is 139 Å². The fourth-order valence-electron chi connectivity index (χ4n) is 2.80. The molecule has 1 aliphatic rings. The van der Waals surface area contributed by atoms with Crippen LogP contribution >= 0.6 is 11.8 Å². The number of nitrogens with zero attached hydrogens (tertiary/aromatic N) is 2. The van der Waals surface area contributed by atoms with Crippen molar-refractivity contribution >= 4 is 28.7 Å². The van der Waals surface area contributed by atoms with Gasteiger partial charge in [0.05, 0.1) is 11.0 Å². The maximum Gasteiger partial charge on any atom is 0.221 e. The molecule has 1 aromatic heterocycles. The first kappa shape index (κ1) is 16.3. The van der Waals surface area contributed by atoms with Crippen LogP contribution < -0.4 is 10.6 Å². The van der Waals surface area contributed by atoms with E-state index in [0.717, 1.165) is 34.9 Å². The molecule has 5 nitrogen and oxygen atoms in total. The van der Waals surface area contributed by atoms with Crippen molar-refractivity contribution in [3.63, 3.8) is 0 Å². The number of rotatable bonds is 5. The number of benzene rings is 1. The summed E-state index contributed by atoms with van der Waals surface area (Å²) in [5.74, 6) is 2.75. The molecular formula is C16H21FN4OS. The third kappa shape index (κ3) is 4.03. The van der Waals surface area contributed by atoms with E-state index in [1.807, 2.05) is 23.4 Å². The van der Waals surface area contributed by atoms with E-state index in [4.69, 9.17) is 0 Å². The van der Waals surface area contributed by atoms with Crippen LogP contribution in [0.1, 0.15) is 12.2 Å². The van der Waals surface area contributed by atoms with Gasteiger partial charge in [0.25, 0.3) is 0 Å². The average molecular weight is 336 g/mol. The molecule has 3 rings (SSSR count). The highest BCUT2D eigenvalue weighted by Gasteiger charge is 2.16. The normalized spacial score (nSPS) is 18.3. The number of aromatic nitrogens is 2. The lowest BCUT2D eigenvalue weighted by Gasteiger charge is -2.22. The van der Waals surface area contributed by atoms with E-state index in [1.165, 1.54) is 12.1 Å². The quantitative estimate of drug-likeness (QED) is 0.868. The first-order chi connectivity index (χ1) is 11.1. The Bertz CT molecular complexity index is 697. The topological polar surface area (TPSA) is 59.0 Å². The highest BCUT2D eigenvalue weighted by Crippen LogP contribution is 2.16. The molecule has 1 aromatic carbocycles. The van der Waals surface area contributed by atoms with E-state index < -0.39 is 0 Å². The Morgan fingerprint density at radius 2 is 2.43 bits per heavy atom. The fraction of sp³-hybridized carbons (Fsp3) is 0.500. The van der Waals surface area contributed by atoms with E-state index in [-0.39, 0.29) is 17.8 Å². The number of aryl methyl sites for hydroxylation is 1. The Morgan fingerprint density at radius 3 is 3.22 bits per heavy atom. The summed E-state index contributed by atoms with van der Waals surface area (Å²) in [5, 5.41) is 6.30. The molecule has 7 heteroatoms. The molecule has 1 amide bonds. The van der Waals surface area contributed by atoms with Gasteiger partial charge in [0, 0.05) is 50.5 Å². The van der Waals surface area contributed by atoms with Crippen LogP contribution in [-0.2, 0) is 18.3 Å². The van der Waals surface area contributed by atoms with Gasteiger partial charge in [-0.05, 0) is 18.2 Å². The van der Waals surface area contributed by atoms with E-state index in [0.29, 0.717) is 19.4 Å². The van der Waals surface area contributed by atoms with Crippen LogP contribution in [0.4, 0.5) is 4.39 Å². The number of halogens is 1. The van der Waals surface area contributed by atoms with Gasteiger partial charge in [0.15, 0.2) is 0 Å². The van der Waals surface area contributed by atoms with Gasteiger partial charge >= 0.3 is 0 Å². The van der Waals surface area contributed by atoms with Gasteiger partial charge in [0.1, 0.15) is 11.6 Å². The van der Waals surface area contributed by atoms with Crippen LogP contribution in [0, 0.1) is 5.82 Å². The predicted octanol–water partition coefficient (Wildman–Crippen LogP) is 1.47. The van der Waals surface area contributed by atoms with Crippen molar-refractivity contribution in [1.82, 2.24) is 20.2 Å². The molecule has 0 aliphatic carbocycles. The Morgan fingerprint density at radius 1 is 1.57 bits per heavy atom. The first-order valence-electron chi connectivity index (χ1n) is 7.82. The lowest BCUT2D eigenvalue weighted by molar-refractivity contribution is -0.121. The predicted molar refractivity (Wildman–Crippen MR) is 91.1 cm³/mol. The molecule has 1 saturated heterocycles. The summed E-state index contributed by atoms with van der Waals surface area (Å²) in [6.45, 7) is 1.51. The number of carbonyl (C=O) groups is 1. The van der Waals surface area contributed by atoms with Gasteiger partial charge in [-0.3, -0.25) is 4.79 Å². The van der Waals surface area contributed by atoms with Crippen LogP contribution in [0.25, 0.3) is 11.0 Å². The Hall–Kier alpha value is -1.60. The summed E-state index contributed by atoms with van der Waals surface area (Å²) in [7, 11) is 1.87. The number of thioether (sulfide) groups is 1. The SMILES string of the molecule is Cn1c(CCNC(=O)CC2CSCCN2)nc2ccc(F)cc21. The van der Waals surface area contributed by atoms with Crippen molar-refractivity contribution in [3.05, 3.63) is 29.8 Å². The van der Waals surface area contributed by atoms with Crippen molar-refractivity contribution in [3.8, 4) is 0 Å². The van der Waals surface area contributed by atoms with Crippen molar-refractivity contribution < 1.29 is 9.18 Å². The molecule has 23 heavy (non-hydrogen) atoms. The minimum atomic E-state index is -0.266. The van der Waals surface area contributed by atoms with Gasteiger partial charge in [-0.25, -0.2) is 9.37 Å². The zero-order valence-electron chi connectivity index (χ0n) is 13.1. The molecule has 124 valence electrons. The number of hydrogen-bond acceptors (Lipinski definition) is 4. The molecule has 0 bridgehead atoms. The molecule has 1 atom stereocenters. The molecule has 0 radical (unpaired) electrons.